The van der Waals surface area contributed by atoms with E-state index >= 15 is 0 Å². The number of sulfonamides is 1. The lowest BCUT2D eigenvalue weighted by Gasteiger charge is -2.31. The van der Waals surface area contributed by atoms with Crippen LogP contribution in [0, 0.1) is 0 Å². The van der Waals surface area contributed by atoms with Crippen molar-refractivity contribution in [2.75, 3.05) is 31.3 Å². The Bertz CT molecular complexity index is 1140. The Morgan fingerprint density at radius 2 is 1.73 bits per heavy atom. The van der Waals surface area contributed by atoms with Crippen LogP contribution in [0.5, 0.6) is 5.75 Å². The van der Waals surface area contributed by atoms with E-state index in [0.717, 1.165) is 10.6 Å². The van der Waals surface area contributed by atoms with Crippen molar-refractivity contribution in [3.05, 3.63) is 57.0 Å². The van der Waals surface area contributed by atoms with Gasteiger partial charge in [0.25, 0.3) is 0 Å². The van der Waals surface area contributed by atoms with Gasteiger partial charge in [-0.1, -0.05) is 40.9 Å². The van der Waals surface area contributed by atoms with Gasteiger partial charge in [0, 0.05) is 13.6 Å². The molecule has 0 radical (unpaired) electrons. The summed E-state index contributed by atoms with van der Waals surface area (Å²) in [6, 6.07) is 8.30. The maximum Gasteiger partial charge on any atom is 0.244 e. The highest BCUT2D eigenvalue weighted by Crippen LogP contribution is 2.30. The summed E-state index contributed by atoms with van der Waals surface area (Å²) in [7, 11) is -0.995. The molecule has 0 spiro atoms. The zero-order valence-corrected chi connectivity index (χ0v) is 21.5. The van der Waals surface area contributed by atoms with Crippen LogP contribution < -0.4 is 14.4 Å². The smallest absolute Gasteiger partial charge is 0.244 e. The van der Waals surface area contributed by atoms with Crippen LogP contribution in [0.3, 0.4) is 0 Å². The minimum atomic E-state index is -3.87. The van der Waals surface area contributed by atoms with Crippen LogP contribution in [0.4, 0.5) is 5.69 Å². The first-order chi connectivity index (χ1) is 15.4. The molecule has 0 heterocycles. The molecule has 1 atom stereocenters. The molecule has 0 fully saturated rings. The van der Waals surface area contributed by atoms with Crippen LogP contribution in [-0.2, 0) is 26.2 Å². The molecule has 2 aromatic rings. The number of amides is 2. The molecule has 0 aromatic heterocycles. The Balaban J connectivity index is 2.42. The second kappa shape index (κ2) is 11.3. The van der Waals surface area contributed by atoms with Gasteiger partial charge in [-0.05, 0) is 42.8 Å². The van der Waals surface area contributed by atoms with Crippen molar-refractivity contribution in [1.29, 1.82) is 0 Å². The van der Waals surface area contributed by atoms with Crippen LogP contribution in [0.1, 0.15) is 12.5 Å². The van der Waals surface area contributed by atoms with E-state index in [1.54, 1.807) is 25.1 Å². The molecule has 0 bridgehead atoms. The monoisotopic (exact) mass is 535 g/mol. The molecular weight excluding hydrogens is 513 g/mol. The third-order valence-electron chi connectivity index (χ3n) is 4.85. The fourth-order valence-electron chi connectivity index (χ4n) is 3.05. The van der Waals surface area contributed by atoms with Crippen molar-refractivity contribution in [1.82, 2.24) is 10.2 Å². The summed E-state index contributed by atoms with van der Waals surface area (Å²) < 4.78 is 31.1. The van der Waals surface area contributed by atoms with Gasteiger partial charge < -0.3 is 15.0 Å². The molecule has 33 heavy (non-hydrogen) atoms. The minimum absolute atomic E-state index is 0.00524. The fourth-order valence-corrected chi connectivity index (χ4v) is 4.46. The van der Waals surface area contributed by atoms with Crippen LogP contribution in [0.2, 0.25) is 15.1 Å². The largest absolute Gasteiger partial charge is 0.495 e. The SMILES string of the molecule is CNC(=O)[C@H](C)N(Cc1ccc(Cl)c(Cl)c1)C(=O)CN(c1ccc(OC)c(Cl)c1)S(C)(=O)=O. The Labute approximate surface area is 208 Å². The van der Waals surface area contributed by atoms with Gasteiger partial charge in [-0.2, -0.15) is 0 Å². The Morgan fingerprint density at radius 1 is 1.06 bits per heavy atom. The van der Waals surface area contributed by atoms with Gasteiger partial charge in [0.15, 0.2) is 0 Å². The van der Waals surface area contributed by atoms with Crippen molar-refractivity contribution in [2.45, 2.75) is 19.5 Å². The first kappa shape index (κ1) is 27.0. The topological polar surface area (TPSA) is 96.0 Å². The van der Waals surface area contributed by atoms with Gasteiger partial charge in [0.1, 0.15) is 18.3 Å². The number of hydrogen-bond donors (Lipinski definition) is 1. The molecule has 0 saturated heterocycles. The summed E-state index contributed by atoms with van der Waals surface area (Å²) in [6.07, 6.45) is 0.976. The van der Waals surface area contributed by atoms with Gasteiger partial charge in [0.05, 0.1) is 34.1 Å². The summed E-state index contributed by atoms with van der Waals surface area (Å²) in [5, 5.41) is 3.32. The molecule has 0 aliphatic heterocycles. The number of rotatable bonds is 9. The number of nitrogens with one attached hydrogen (secondary N) is 1. The number of anilines is 1. The van der Waals surface area contributed by atoms with E-state index in [0.29, 0.717) is 21.4 Å². The number of carbonyl (C=O) groups excluding carboxylic acids is 2. The average Bonchev–Trinajstić information content (AvgIpc) is 2.76. The summed E-state index contributed by atoms with van der Waals surface area (Å²) >= 11 is 18.2. The quantitative estimate of drug-likeness (QED) is 0.528. The molecule has 2 aromatic carbocycles. The number of methoxy groups -OCH3 is 1. The predicted octanol–water partition coefficient (Wildman–Crippen LogP) is 3.58. The lowest BCUT2D eigenvalue weighted by Crippen LogP contribution is -2.50. The maximum absolute atomic E-state index is 13.3. The highest BCUT2D eigenvalue weighted by atomic mass is 35.5. The van der Waals surface area contributed by atoms with E-state index in [-0.39, 0.29) is 17.3 Å². The van der Waals surface area contributed by atoms with Gasteiger partial charge in [0.2, 0.25) is 21.8 Å². The molecular formula is C21H24Cl3N3O5S. The lowest BCUT2D eigenvalue weighted by molar-refractivity contribution is -0.139. The predicted molar refractivity (Wildman–Crippen MR) is 131 cm³/mol. The first-order valence-electron chi connectivity index (χ1n) is 9.65. The van der Waals surface area contributed by atoms with Crippen molar-refractivity contribution >= 4 is 62.3 Å². The van der Waals surface area contributed by atoms with Gasteiger partial charge in [-0.15, -0.1) is 0 Å². The summed E-state index contributed by atoms with van der Waals surface area (Å²) in [4.78, 5) is 26.9. The van der Waals surface area contributed by atoms with Crippen molar-refractivity contribution in [3.8, 4) is 5.75 Å². The second-order valence-electron chi connectivity index (χ2n) is 7.15. The number of likely N-dealkylation sites (N-methyl/N-ethyl adjacent to an activating group) is 1. The van der Waals surface area contributed by atoms with Crippen molar-refractivity contribution in [2.24, 2.45) is 0 Å². The van der Waals surface area contributed by atoms with E-state index < -0.39 is 34.4 Å². The number of halogens is 3. The zero-order valence-electron chi connectivity index (χ0n) is 18.4. The van der Waals surface area contributed by atoms with Crippen LogP contribution in [-0.4, -0.2) is 58.1 Å². The van der Waals surface area contributed by atoms with Crippen LogP contribution in [0.15, 0.2) is 36.4 Å². The van der Waals surface area contributed by atoms with Gasteiger partial charge in [-0.25, -0.2) is 8.42 Å². The Morgan fingerprint density at radius 3 is 2.24 bits per heavy atom. The highest BCUT2D eigenvalue weighted by Gasteiger charge is 2.30. The molecule has 0 aliphatic carbocycles. The molecule has 1 N–H and O–H groups in total. The molecule has 0 saturated carbocycles. The number of hydrogen-bond acceptors (Lipinski definition) is 5. The molecule has 0 aliphatic rings. The Hall–Kier alpha value is -2.20. The molecule has 8 nitrogen and oxygen atoms in total. The highest BCUT2D eigenvalue weighted by molar-refractivity contribution is 7.92. The Kier molecular flexibility index (Phi) is 9.25. The standard InChI is InChI=1S/C21H24Cl3N3O5S/c1-13(21(29)25-2)26(11-14-5-7-16(22)17(23)9-14)20(28)12-27(33(4,30)31)15-6-8-19(32-3)18(24)10-15/h5-10,13H,11-12H2,1-4H3,(H,25,29)/t13-/m0/s1. The van der Waals surface area contributed by atoms with E-state index in [1.165, 1.54) is 37.3 Å². The third kappa shape index (κ3) is 6.89. The van der Waals surface area contributed by atoms with Gasteiger partial charge in [-0.3, -0.25) is 13.9 Å². The first-order valence-corrected chi connectivity index (χ1v) is 12.6. The van der Waals surface area contributed by atoms with E-state index in [1.807, 2.05) is 0 Å². The second-order valence-corrected chi connectivity index (χ2v) is 10.3. The zero-order chi connectivity index (χ0) is 24.9. The van der Waals surface area contributed by atoms with Crippen LogP contribution >= 0.6 is 34.8 Å². The molecule has 180 valence electrons. The van der Waals surface area contributed by atoms with Crippen molar-refractivity contribution < 1.29 is 22.7 Å². The van der Waals surface area contributed by atoms with Crippen LogP contribution in [0.25, 0.3) is 0 Å². The fraction of sp³-hybridized carbons (Fsp3) is 0.333. The number of benzene rings is 2. The maximum atomic E-state index is 13.3. The van der Waals surface area contributed by atoms with E-state index in [2.05, 4.69) is 5.32 Å². The summed E-state index contributed by atoms with van der Waals surface area (Å²) in [5.41, 5.74) is 0.797. The molecule has 0 unspecified atom stereocenters. The normalized spacial score (nSPS) is 12.1. The number of ether oxygens (including phenoxy) is 1. The molecule has 2 rings (SSSR count). The number of nitrogens with zero attached hydrogens (tertiary/aromatic N) is 2. The molecule has 12 heteroatoms. The number of carbonyl (C=O) groups is 2. The molecule has 2 amide bonds. The van der Waals surface area contributed by atoms with E-state index in [9.17, 15) is 18.0 Å². The summed E-state index contributed by atoms with van der Waals surface area (Å²) in [5.74, 6) is -0.661. The van der Waals surface area contributed by atoms with E-state index in [4.69, 9.17) is 39.5 Å². The lowest BCUT2D eigenvalue weighted by atomic mass is 10.1. The van der Waals surface area contributed by atoms with Gasteiger partial charge >= 0.3 is 0 Å². The third-order valence-corrected chi connectivity index (χ3v) is 7.03. The minimum Gasteiger partial charge on any atom is -0.495 e. The summed E-state index contributed by atoms with van der Waals surface area (Å²) in [6.45, 7) is 0.999. The average molecular weight is 537 g/mol. The van der Waals surface area contributed by atoms with Crippen molar-refractivity contribution in [3.63, 3.8) is 0 Å².